The van der Waals surface area contributed by atoms with Gasteiger partial charge in [0, 0.05) is 17.6 Å². The second kappa shape index (κ2) is 6.67. The van der Waals surface area contributed by atoms with Gasteiger partial charge in [-0.3, -0.25) is 4.79 Å². The molecule has 2 aromatic rings. The summed E-state index contributed by atoms with van der Waals surface area (Å²) in [4.78, 5) is 24.1. The second-order valence-electron chi connectivity index (χ2n) is 6.75. The van der Waals surface area contributed by atoms with Gasteiger partial charge in [0.1, 0.15) is 11.5 Å². The quantitative estimate of drug-likeness (QED) is 0.843. The maximum atomic E-state index is 12.6. The fourth-order valence-corrected chi connectivity index (χ4v) is 3.96. The zero-order valence-corrected chi connectivity index (χ0v) is 14.0. The number of hydrogen-bond donors (Lipinski definition) is 1. The van der Waals surface area contributed by atoms with Crippen LogP contribution >= 0.6 is 0 Å². The van der Waals surface area contributed by atoms with Crippen molar-refractivity contribution < 1.29 is 19.4 Å². The number of para-hydroxylation sites is 1. The van der Waals surface area contributed by atoms with Crippen LogP contribution in [0.1, 0.15) is 6.42 Å². The molecule has 0 radical (unpaired) electrons. The average Bonchev–Trinajstić information content (AvgIpc) is 3.25. The van der Waals surface area contributed by atoms with E-state index in [4.69, 9.17) is 4.74 Å². The number of amides is 1. The highest BCUT2D eigenvalue weighted by atomic mass is 16.5. The maximum Gasteiger partial charge on any atom is 0.228 e. The van der Waals surface area contributed by atoms with Crippen molar-refractivity contribution in [2.75, 3.05) is 5.32 Å². The number of hydrogen-bond acceptors (Lipinski definition) is 4. The summed E-state index contributed by atoms with van der Waals surface area (Å²) in [6.45, 7) is 0. The summed E-state index contributed by atoms with van der Waals surface area (Å²) in [6.07, 6.45) is 4.55. The topological polar surface area (TPSA) is 78.5 Å². The number of rotatable bonds is 5. The summed E-state index contributed by atoms with van der Waals surface area (Å²) in [7, 11) is 0. The Labute approximate surface area is 151 Å². The molecule has 4 rings (SSSR count). The Morgan fingerprint density at radius 1 is 0.885 bits per heavy atom. The van der Waals surface area contributed by atoms with Crippen LogP contribution in [-0.2, 0) is 9.59 Å². The summed E-state index contributed by atoms with van der Waals surface area (Å²) >= 11 is 0. The number of carbonyl (C=O) groups is 2. The van der Waals surface area contributed by atoms with E-state index >= 15 is 0 Å². The van der Waals surface area contributed by atoms with Crippen LogP contribution in [0.15, 0.2) is 66.7 Å². The molecule has 2 bridgehead atoms. The van der Waals surface area contributed by atoms with Crippen LogP contribution < -0.4 is 15.2 Å². The predicted octanol–water partition coefficient (Wildman–Crippen LogP) is 2.61. The van der Waals surface area contributed by atoms with E-state index in [0.29, 0.717) is 17.9 Å². The van der Waals surface area contributed by atoms with Crippen LogP contribution in [0.4, 0.5) is 5.69 Å². The van der Waals surface area contributed by atoms with Gasteiger partial charge >= 0.3 is 0 Å². The van der Waals surface area contributed by atoms with Crippen molar-refractivity contribution in [3.63, 3.8) is 0 Å². The lowest BCUT2D eigenvalue weighted by molar-refractivity contribution is -0.313. The molecule has 1 amide bonds. The molecule has 0 saturated heterocycles. The molecule has 132 valence electrons. The first-order valence-corrected chi connectivity index (χ1v) is 8.65. The highest BCUT2D eigenvalue weighted by Crippen LogP contribution is 2.48. The Morgan fingerprint density at radius 3 is 2.15 bits per heavy atom. The SMILES string of the molecule is O=C([O-])[C@H]1[C@H](C(=O)Nc2ccc(Oc3ccccc3)cc2)[C@H]2C=C[C@@H]1C2. The lowest BCUT2D eigenvalue weighted by atomic mass is 9.82. The van der Waals surface area contributed by atoms with Gasteiger partial charge in [-0.1, -0.05) is 30.4 Å². The van der Waals surface area contributed by atoms with Crippen molar-refractivity contribution in [1.82, 2.24) is 0 Å². The Hall–Kier alpha value is -3.08. The van der Waals surface area contributed by atoms with Gasteiger partial charge in [0.2, 0.25) is 5.91 Å². The minimum atomic E-state index is -1.14. The van der Waals surface area contributed by atoms with E-state index < -0.39 is 17.8 Å². The number of carboxylic acids is 1. The third-order valence-electron chi connectivity index (χ3n) is 5.13. The fourth-order valence-electron chi connectivity index (χ4n) is 3.96. The lowest BCUT2D eigenvalue weighted by Gasteiger charge is -2.27. The molecule has 4 atom stereocenters. The van der Waals surface area contributed by atoms with Gasteiger partial charge < -0.3 is 20.0 Å². The van der Waals surface area contributed by atoms with Gasteiger partial charge in [0.15, 0.2) is 0 Å². The zero-order valence-electron chi connectivity index (χ0n) is 14.0. The van der Waals surface area contributed by atoms with Crippen molar-refractivity contribution in [2.24, 2.45) is 23.7 Å². The Kier molecular flexibility index (Phi) is 4.21. The van der Waals surface area contributed by atoms with E-state index in [9.17, 15) is 14.7 Å². The van der Waals surface area contributed by atoms with Crippen LogP contribution in [0.3, 0.4) is 0 Å². The van der Waals surface area contributed by atoms with Gasteiger partial charge in [0.25, 0.3) is 0 Å². The van der Waals surface area contributed by atoms with Gasteiger partial charge in [-0.15, -0.1) is 0 Å². The van der Waals surface area contributed by atoms with Crippen molar-refractivity contribution in [1.29, 1.82) is 0 Å². The van der Waals surface area contributed by atoms with Gasteiger partial charge in [0.05, 0.1) is 5.92 Å². The number of anilines is 1. The van der Waals surface area contributed by atoms with E-state index in [1.807, 2.05) is 42.5 Å². The molecular weight excluding hydrogens is 330 g/mol. The number of carbonyl (C=O) groups excluding carboxylic acids is 2. The first-order valence-electron chi connectivity index (χ1n) is 8.65. The zero-order chi connectivity index (χ0) is 18.1. The molecule has 1 N–H and O–H groups in total. The number of fused-ring (bicyclic) bond motifs is 2. The van der Waals surface area contributed by atoms with Gasteiger partial charge in [-0.2, -0.15) is 0 Å². The van der Waals surface area contributed by atoms with E-state index in [0.717, 1.165) is 5.75 Å². The monoisotopic (exact) mass is 348 g/mol. The lowest BCUT2D eigenvalue weighted by Crippen LogP contribution is -2.42. The number of aliphatic carboxylic acids is 1. The van der Waals surface area contributed by atoms with Gasteiger partial charge in [-0.25, -0.2) is 0 Å². The number of benzene rings is 2. The highest BCUT2D eigenvalue weighted by molar-refractivity contribution is 5.96. The third-order valence-corrected chi connectivity index (χ3v) is 5.13. The second-order valence-corrected chi connectivity index (χ2v) is 6.75. The smallest absolute Gasteiger partial charge is 0.228 e. The third kappa shape index (κ3) is 3.08. The minimum absolute atomic E-state index is 0.0245. The molecule has 0 aromatic heterocycles. The van der Waals surface area contributed by atoms with E-state index in [2.05, 4.69) is 5.32 Å². The molecule has 2 aromatic carbocycles. The Bertz CT molecular complexity index is 844. The molecular formula is C21H18NO4-. The summed E-state index contributed by atoms with van der Waals surface area (Å²) in [5, 5.41) is 14.3. The largest absolute Gasteiger partial charge is 0.550 e. The summed E-state index contributed by atoms with van der Waals surface area (Å²) in [5.74, 6) is -1.46. The Balaban J connectivity index is 1.43. The van der Waals surface area contributed by atoms with Crippen molar-refractivity contribution in [3.8, 4) is 11.5 Å². The van der Waals surface area contributed by atoms with E-state index in [1.165, 1.54) is 0 Å². The summed E-state index contributed by atoms with van der Waals surface area (Å²) < 4.78 is 5.72. The molecule has 2 aliphatic rings. The molecule has 2 aliphatic carbocycles. The van der Waals surface area contributed by atoms with Crippen LogP contribution in [0.2, 0.25) is 0 Å². The average molecular weight is 348 g/mol. The summed E-state index contributed by atoms with van der Waals surface area (Å²) in [5.41, 5.74) is 0.610. The maximum absolute atomic E-state index is 12.6. The highest BCUT2D eigenvalue weighted by Gasteiger charge is 2.48. The number of carboxylic acid groups (broad SMARTS) is 1. The van der Waals surface area contributed by atoms with Crippen molar-refractivity contribution in [2.45, 2.75) is 6.42 Å². The number of nitrogens with one attached hydrogen (secondary N) is 1. The number of ether oxygens (including phenoxy) is 1. The molecule has 0 spiro atoms. The molecule has 0 heterocycles. The van der Waals surface area contributed by atoms with Crippen molar-refractivity contribution in [3.05, 3.63) is 66.7 Å². The first-order chi connectivity index (χ1) is 12.6. The van der Waals surface area contributed by atoms with Crippen LogP contribution in [-0.4, -0.2) is 11.9 Å². The van der Waals surface area contributed by atoms with Crippen LogP contribution in [0, 0.1) is 23.7 Å². The summed E-state index contributed by atoms with van der Waals surface area (Å²) in [6, 6.07) is 16.4. The predicted molar refractivity (Wildman–Crippen MR) is 94.3 cm³/mol. The minimum Gasteiger partial charge on any atom is -0.550 e. The fraction of sp³-hybridized carbons (Fsp3) is 0.238. The van der Waals surface area contributed by atoms with E-state index in [-0.39, 0.29) is 17.7 Å². The van der Waals surface area contributed by atoms with Gasteiger partial charge in [-0.05, 0) is 54.7 Å². The van der Waals surface area contributed by atoms with Crippen LogP contribution in [0.25, 0.3) is 0 Å². The van der Waals surface area contributed by atoms with Crippen LogP contribution in [0.5, 0.6) is 11.5 Å². The first kappa shape index (κ1) is 16.4. The number of allylic oxidation sites excluding steroid dienone is 2. The van der Waals surface area contributed by atoms with E-state index in [1.54, 1.807) is 24.3 Å². The molecule has 5 heteroatoms. The molecule has 1 fully saturated rings. The molecule has 5 nitrogen and oxygen atoms in total. The normalized spacial score (nSPS) is 25.8. The Morgan fingerprint density at radius 2 is 1.50 bits per heavy atom. The molecule has 0 unspecified atom stereocenters. The molecule has 0 aliphatic heterocycles. The molecule has 1 saturated carbocycles. The standard InChI is InChI=1S/C21H19NO4/c23-20(18-13-6-7-14(12-13)19(18)21(24)25)22-15-8-10-17(11-9-15)26-16-4-2-1-3-5-16/h1-11,13-14,18-19H,12H2,(H,22,23)(H,24,25)/p-1/t13-,14+,18+,19+/m0/s1. The van der Waals surface area contributed by atoms with Crippen molar-refractivity contribution >= 4 is 17.6 Å². The molecule has 26 heavy (non-hydrogen) atoms.